The third kappa shape index (κ3) is 3.45. The molecule has 0 unspecified atom stereocenters. The van der Waals surface area contributed by atoms with Crippen LogP contribution in [0.2, 0.25) is 0 Å². The Bertz CT molecular complexity index is 1360. The Balaban J connectivity index is 1.90. The highest BCUT2D eigenvalue weighted by Gasteiger charge is 2.19. The number of sulfonamides is 1. The molecule has 0 bridgehead atoms. The molecule has 0 aliphatic heterocycles. The van der Waals surface area contributed by atoms with Crippen LogP contribution in [0.25, 0.3) is 21.9 Å². The normalized spacial score (nSPS) is 11.9. The highest BCUT2D eigenvalue weighted by molar-refractivity contribution is 7.89. The molecule has 2 N–H and O–H groups in total. The minimum absolute atomic E-state index is 0.243. The van der Waals surface area contributed by atoms with Crippen molar-refractivity contribution in [3.63, 3.8) is 0 Å². The molecule has 0 amide bonds. The van der Waals surface area contributed by atoms with Crippen LogP contribution in [0, 0.1) is 11.6 Å². The molecule has 148 valence electrons. The topological polar surface area (TPSA) is 121 Å². The molecule has 1 aromatic carbocycles. The van der Waals surface area contributed by atoms with E-state index in [1.54, 1.807) is 12.1 Å². The number of benzene rings is 1. The van der Waals surface area contributed by atoms with E-state index in [1.807, 2.05) is 0 Å². The van der Waals surface area contributed by atoms with Crippen LogP contribution in [-0.4, -0.2) is 35.5 Å². The second-order valence-corrected chi connectivity index (χ2v) is 7.71. The quantitative estimate of drug-likeness (QED) is 0.505. The Kier molecular flexibility index (Phi) is 4.55. The van der Waals surface area contributed by atoms with Gasteiger partial charge in [0.05, 0.1) is 29.4 Å². The van der Waals surface area contributed by atoms with E-state index >= 15 is 0 Å². The number of hydrogen-bond donors (Lipinski definition) is 1. The summed E-state index contributed by atoms with van der Waals surface area (Å²) in [7, 11) is -2.77. The average Bonchev–Trinajstić information content (AvgIpc) is 2.69. The number of hydrogen-bond acceptors (Lipinski definition) is 7. The van der Waals surface area contributed by atoms with Crippen LogP contribution in [0.4, 0.5) is 8.78 Å². The number of primary sulfonamides is 1. The van der Waals surface area contributed by atoms with Crippen molar-refractivity contribution >= 4 is 32.0 Å². The maximum absolute atomic E-state index is 14.5. The van der Waals surface area contributed by atoms with Crippen molar-refractivity contribution in [3.8, 4) is 5.88 Å². The lowest BCUT2D eigenvalue weighted by Crippen LogP contribution is -2.14. The summed E-state index contributed by atoms with van der Waals surface area (Å²) in [4.78, 5) is 16.2. The van der Waals surface area contributed by atoms with Gasteiger partial charge in [0, 0.05) is 28.8 Å². The fourth-order valence-electron chi connectivity index (χ4n) is 3.00. The average molecular weight is 417 g/mol. The maximum Gasteiger partial charge on any atom is 0.238 e. The molecule has 0 saturated carbocycles. The van der Waals surface area contributed by atoms with Gasteiger partial charge in [-0.3, -0.25) is 0 Å². The fourth-order valence-corrected chi connectivity index (χ4v) is 3.54. The van der Waals surface area contributed by atoms with Gasteiger partial charge in [0.1, 0.15) is 18.0 Å². The summed E-state index contributed by atoms with van der Waals surface area (Å²) in [6.07, 6.45) is 2.50. The van der Waals surface area contributed by atoms with E-state index in [9.17, 15) is 17.2 Å². The summed E-state index contributed by atoms with van der Waals surface area (Å²) >= 11 is 0. The van der Waals surface area contributed by atoms with Gasteiger partial charge in [0.25, 0.3) is 0 Å². The second kappa shape index (κ2) is 6.94. The molecule has 0 radical (unpaired) electrons. The van der Waals surface area contributed by atoms with Gasteiger partial charge in [0.2, 0.25) is 15.9 Å². The molecule has 3 heterocycles. The highest BCUT2D eigenvalue weighted by atomic mass is 32.2. The third-order valence-electron chi connectivity index (χ3n) is 4.38. The number of methoxy groups -OCH3 is 1. The van der Waals surface area contributed by atoms with Crippen molar-refractivity contribution in [1.29, 1.82) is 0 Å². The fraction of sp³-hybridized carbons (Fsp3) is 0.111. The summed E-state index contributed by atoms with van der Waals surface area (Å²) in [5.74, 6) is -1.73. The molecule has 0 fully saturated rings. The number of fused-ring (bicyclic) bond motifs is 3. The van der Waals surface area contributed by atoms with E-state index in [0.717, 1.165) is 0 Å². The minimum atomic E-state index is -4.24. The van der Waals surface area contributed by atoms with Crippen molar-refractivity contribution in [1.82, 2.24) is 19.9 Å². The Morgan fingerprint density at radius 3 is 2.48 bits per heavy atom. The molecule has 0 aliphatic carbocycles. The van der Waals surface area contributed by atoms with Crippen LogP contribution in [-0.2, 0) is 16.4 Å². The van der Waals surface area contributed by atoms with Crippen LogP contribution in [0.15, 0.2) is 41.7 Å². The van der Waals surface area contributed by atoms with E-state index in [2.05, 4.69) is 19.9 Å². The molecule has 4 rings (SSSR count). The highest BCUT2D eigenvalue weighted by Crippen LogP contribution is 2.28. The van der Waals surface area contributed by atoms with Crippen molar-refractivity contribution in [3.05, 3.63) is 59.7 Å². The number of rotatable bonds is 4. The van der Waals surface area contributed by atoms with Crippen LogP contribution in [0.3, 0.4) is 0 Å². The van der Waals surface area contributed by atoms with Gasteiger partial charge in [-0.2, -0.15) is 4.98 Å². The minimum Gasteiger partial charge on any atom is -0.481 e. The first kappa shape index (κ1) is 19.0. The van der Waals surface area contributed by atoms with Crippen molar-refractivity contribution in [2.24, 2.45) is 5.14 Å². The number of aromatic nitrogens is 4. The Hall–Kier alpha value is -3.31. The van der Waals surface area contributed by atoms with Gasteiger partial charge in [-0.1, -0.05) is 0 Å². The number of pyridine rings is 2. The van der Waals surface area contributed by atoms with Crippen LogP contribution in [0.1, 0.15) is 11.3 Å². The van der Waals surface area contributed by atoms with Crippen molar-refractivity contribution in [2.75, 3.05) is 7.11 Å². The first-order valence-corrected chi connectivity index (χ1v) is 9.76. The molecule has 4 aromatic rings. The van der Waals surface area contributed by atoms with Crippen LogP contribution >= 0.6 is 0 Å². The predicted octanol–water partition coefficient (Wildman–Crippen LogP) is 2.10. The lowest BCUT2D eigenvalue weighted by Gasteiger charge is -2.10. The van der Waals surface area contributed by atoms with Gasteiger partial charge in [-0.05, 0) is 18.2 Å². The van der Waals surface area contributed by atoms with Crippen molar-refractivity contribution in [2.45, 2.75) is 11.3 Å². The molecular weight excluding hydrogens is 404 g/mol. The summed E-state index contributed by atoms with van der Waals surface area (Å²) in [5.41, 5.74) is 0.814. The Labute approximate surface area is 163 Å². The van der Waals surface area contributed by atoms with Crippen LogP contribution < -0.4 is 9.88 Å². The monoisotopic (exact) mass is 417 g/mol. The zero-order chi connectivity index (χ0) is 20.8. The number of ether oxygens (including phenoxy) is 1. The standard InChI is InChI=1S/C18H13F2N5O3S/c1-28-16-3-2-10-17-14(23-8-24-15(17)7-22-18(10)25-16)6-11-12(19)4-9(5-13(11)20)29(21,26)27/h2-5,7-8H,6H2,1H3,(H2,21,26,27). The molecule has 0 saturated heterocycles. The van der Waals surface area contributed by atoms with Gasteiger partial charge in [-0.15, -0.1) is 0 Å². The van der Waals surface area contributed by atoms with E-state index < -0.39 is 26.6 Å². The van der Waals surface area contributed by atoms with E-state index in [-0.39, 0.29) is 12.0 Å². The van der Waals surface area contributed by atoms with Gasteiger partial charge < -0.3 is 4.74 Å². The lowest BCUT2D eigenvalue weighted by atomic mass is 10.0. The van der Waals surface area contributed by atoms with Crippen molar-refractivity contribution < 1.29 is 21.9 Å². The second-order valence-electron chi connectivity index (χ2n) is 6.15. The smallest absolute Gasteiger partial charge is 0.238 e. The summed E-state index contributed by atoms with van der Waals surface area (Å²) in [6.45, 7) is 0. The van der Waals surface area contributed by atoms with Gasteiger partial charge in [0.15, 0.2) is 5.65 Å². The third-order valence-corrected chi connectivity index (χ3v) is 5.27. The SMILES string of the molecule is COc1ccc2c(ncc3ncnc(Cc4c(F)cc(S(N)(=O)=O)cc4F)c32)n1. The Morgan fingerprint density at radius 1 is 1.10 bits per heavy atom. The van der Waals surface area contributed by atoms with E-state index in [0.29, 0.717) is 45.6 Å². The summed E-state index contributed by atoms with van der Waals surface area (Å²) in [6, 6.07) is 4.70. The molecule has 11 heteroatoms. The first-order valence-electron chi connectivity index (χ1n) is 8.22. The van der Waals surface area contributed by atoms with E-state index in [1.165, 1.54) is 19.6 Å². The molecule has 29 heavy (non-hydrogen) atoms. The molecule has 0 atom stereocenters. The zero-order valence-electron chi connectivity index (χ0n) is 14.9. The number of nitrogens with two attached hydrogens (primary N) is 1. The molecule has 0 spiro atoms. The van der Waals surface area contributed by atoms with Gasteiger partial charge in [-0.25, -0.2) is 37.3 Å². The Morgan fingerprint density at radius 2 is 1.83 bits per heavy atom. The van der Waals surface area contributed by atoms with Crippen LogP contribution in [0.5, 0.6) is 5.88 Å². The van der Waals surface area contributed by atoms with Gasteiger partial charge >= 0.3 is 0 Å². The molecule has 3 aromatic heterocycles. The number of nitrogens with zero attached hydrogens (tertiary/aromatic N) is 4. The predicted molar refractivity (Wildman–Crippen MR) is 99.7 cm³/mol. The maximum atomic E-state index is 14.5. The number of halogens is 2. The largest absolute Gasteiger partial charge is 0.481 e. The van der Waals surface area contributed by atoms with E-state index in [4.69, 9.17) is 9.88 Å². The zero-order valence-corrected chi connectivity index (χ0v) is 15.7. The lowest BCUT2D eigenvalue weighted by molar-refractivity contribution is 0.399. The molecule has 0 aliphatic rings. The summed E-state index contributed by atoms with van der Waals surface area (Å²) in [5, 5.41) is 6.07. The first-order chi connectivity index (χ1) is 13.8. The molecule has 8 nitrogen and oxygen atoms in total. The molecular formula is C18H13F2N5O3S. The summed E-state index contributed by atoms with van der Waals surface area (Å²) < 4.78 is 56.8.